The minimum absolute atomic E-state index is 0.110. The van der Waals surface area contributed by atoms with Crippen LogP contribution < -0.4 is 4.74 Å². The van der Waals surface area contributed by atoms with Gasteiger partial charge in [0.15, 0.2) is 6.61 Å². The summed E-state index contributed by atoms with van der Waals surface area (Å²) in [5.41, 5.74) is 2.80. The number of ether oxygens (including phenoxy) is 2. The van der Waals surface area contributed by atoms with Gasteiger partial charge in [-0.25, -0.2) is 9.48 Å². The van der Waals surface area contributed by atoms with Gasteiger partial charge in [-0.2, -0.15) is 18.3 Å². The zero-order valence-electron chi connectivity index (χ0n) is 19.3. The van der Waals surface area contributed by atoms with Crippen molar-refractivity contribution in [3.05, 3.63) is 71.0 Å². The highest BCUT2D eigenvalue weighted by molar-refractivity contribution is 7.99. The van der Waals surface area contributed by atoms with E-state index in [-0.39, 0.29) is 6.61 Å². The van der Waals surface area contributed by atoms with Crippen LogP contribution in [0.1, 0.15) is 35.7 Å². The number of thioether (sulfide) groups is 1. The Morgan fingerprint density at radius 3 is 2.50 bits per heavy atom. The first kappa shape index (κ1) is 25.7. The lowest BCUT2D eigenvalue weighted by atomic mass is 10.1. The van der Waals surface area contributed by atoms with Crippen LogP contribution in [0.3, 0.4) is 0 Å². The van der Waals surface area contributed by atoms with Crippen molar-refractivity contribution in [1.82, 2.24) is 9.78 Å². The highest BCUT2D eigenvalue weighted by Gasteiger charge is 2.30. The first-order chi connectivity index (χ1) is 16.2. The van der Waals surface area contributed by atoms with Gasteiger partial charge in [0.1, 0.15) is 5.75 Å². The zero-order chi connectivity index (χ0) is 24.7. The number of alkyl halides is 3. The van der Waals surface area contributed by atoms with Crippen LogP contribution in [0.5, 0.6) is 5.75 Å². The first-order valence-corrected chi connectivity index (χ1v) is 11.9. The number of aryl methyl sites for hydroxylation is 3. The summed E-state index contributed by atoms with van der Waals surface area (Å²) < 4.78 is 50.3. The summed E-state index contributed by atoms with van der Waals surface area (Å²) in [6, 6.07) is 10.8. The van der Waals surface area contributed by atoms with Crippen LogP contribution in [0.15, 0.2) is 53.6 Å². The molecule has 2 aromatic carbocycles. The summed E-state index contributed by atoms with van der Waals surface area (Å²) in [5.74, 6) is 1.16. The van der Waals surface area contributed by atoms with E-state index < -0.39 is 17.7 Å². The molecule has 3 rings (SSSR count). The largest absolute Gasteiger partial charge is 0.482 e. The Balaban J connectivity index is 1.50. The lowest BCUT2D eigenvalue weighted by Crippen LogP contribution is -2.14. The predicted molar refractivity (Wildman–Crippen MR) is 126 cm³/mol. The summed E-state index contributed by atoms with van der Waals surface area (Å²) >= 11 is 1.73. The zero-order valence-corrected chi connectivity index (χ0v) is 20.1. The molecule has 0 aliphatic carbocycles. The molecule has 0 bridgehead atoms. The highest BCUT2D eigenvalue weighted by atomic mass is 32.2. The highest BCUT2D eigenvalue weighted by Crippen LogP contribution is 2.30. The molecular formula is C25H27F3N2O3S. The molecule has 0 aliphatic heterocycles. The quantitative estimate of drug-likeness (QED) is 0.192. The molecule has 0 atom stereocenters. The standard InChI is InChI=1S/C25H27F3N2O3S/c1-4-32-24(31)16-33-23-12-11-22(14-17(23)2)34-13-5-6-19-15-30(29-18(19)3)21-9-7-20(8-10-21)25(26,27)28/h7-12,14-15H,4-6,13,16H2,1-3H3. The van der Waals surface area contributed by atoms with E-state index in [4.69, 9.17) is 9.47 Å². The Bertz CT molecular complexity index is 1110. The Hall–Kier alpha value is -2.94. The van der Waals surface area contributed by atoms with Gasteiger partial charge in [0.05, 0.1) is 23.6 Å². The van der Waals surface area contributed by atoms with Crippen LogP contribution in [0.25, 0.3) is 5.69 Å². The molecule has 182 valence electrons. The third-order valence-corrected chi connectivity index (χ3v) is 6.20. The van der Waals surface area contributed by atoms with Gasteiger partial charge in [-0.15, -0.1) is 11.8 Å². The molecule has 34 heavy (non-hydrogen) atoms. The maximum Gasteiger partial charge on any atom is 0.416 e. The number of rotatable bonds is 10. The van der Waals surface area contributed by atoms with Crippen LogP contribution in [-0.4, -0.2) is 34.7 Å². The number of carbonyl (C=O) groups excluding carboxylic acids is 1. The third kappa shape index (κ3) is 7.03. The van der Waals surface area contributed by atoms with Crippen LogP contribution in [-0.2, 0) is 22.1 Å². The Morgan fingerprint density at radius 2 is 1.85 bits per heavy atom. The number of aromatic nitrogens is 2. The fourth-order valence-electron chi connectivity index (χ4n) is 3.34. The van der Waals surface area contributed by atoms with Crippen molar-refractivity contribution >= 4 is 17.7 Å². The second kappa shape index (κ2) is 11.5. The summed E-state index contributed by atoms with van der Waals surface area (Å²) in [7, 11) is 0. The fraction of sp³-hybridized carbons (Fsp3) is 0.360. The van der Waals surface area contributed by atoms with Crippen molar-refractivity contribution in [3.63, 3.8) is 0 Å². The van der Waals surface area contributed by atoms with Gasteiger partial charge in [0.25, 0.3) is 0 Å². The second-order valence-corrected chi connectivity index (χ2v) is 8.87. The molecule has 0 unspecified atom stereocenters. The number of hydrogen-bond donors (Lipinski definition) is 0. The topological polar surface area (TPSA) is 53.4 Å². The van der Waals surface area contributed by atoms with Gasteiger partial charge in [-0.1, -0.05) is 0 Å². The maximum atomic E-state index is 12.8. The number of hydrogen-bond acceptors (Lipinski definition) is 5. The normalized spacial score (nSPS) is 11.5. The fourth-order valence-corrected chi connectivity index (χ4v) is 4.29. The van der Waals surface area contributed by atoms with Crippen molar-refractivity contribution in [3.8, 4) is 11.4 Å². The molecule has 0 saturated heterocycles. The maximum absolute atomic E-state index is 12.8. The molecule has 0 N–H and O–H groups in total. The Morgan fingerprint density at radius 1 is 1.12 bits per heavy atom. The molecule has 9 heteroatoms. The number of esters is 1. The van der Waals surface area contributed by atoms with Gasteiger partial charge in [-0.05, 0) is 93.0 Å². The van der Waals surface area contributed by atoms with E-state index in [2.05, 4.69) is 5.10 Å². The van der Waals surface area contributed by atoms with Crippen LogP contribution in [0.2, 0.25) is 0 Å². The van der Waals surface area contributed by atoms with Crippen molar-refractivity contribution < 1.29 is 27.4 Å². The van der Waals surface area contributed by atoms with E-state index in [1.165, 1.54) is 12.1 Å². The van der Waals surface area contributed by atoms with Crippen LogP contribution in [0.4, 0.5) is 13.2 Å². The van der Waals surface area contributed by atoms with Crippen molar-refractivity contribution in [2.24, 2.45) is 0 Å². The number of halogens is 3. The van der Waals surface area contributed by atoms with E-state index in [0.717, 1.165) is 52.4 Å². The number of carbonyl (C=O) groups is 1. The first-order valence-electron chi connectivity index (χ1n) is 10.9. The molecule has 1 heterocycles. The molecule has 0 saturated carbocycles. The number of nitrogens with zero attached hydrogens (tertiary/aromatic N) is 2. The molecule has 0 radical (unpaired) electrons. The summed E-state index contributed by atoms with van der Waals surface area (Å²) in [4.78, 5) is 12.6. The van der Waals surface area contributed by atoms with Gasteiger partial charge >= 0.3 is 12.1 Å². The molecule has 0 spiro atoms. The van der Waals surface area contributed by atoms with Gasteiger partial charge in [0.2, 0.25) is 0 Å². The minimum Gasteiger partial charge on any atom is -0.482 e. The van der Waals surface area contributed by atoms with E-state index in [0.29, 0.717) is 18.0 Å². The smallest absolute Gasteiger partial charge is 0.416 e. The van der Waals surface area contributed by atoms with Crippen molar-refractivity contribution in [1.29, 1.82) is 0 Å². The molecule has 0 amide bonds. The molecule has 1 aromatic heterocycles. The average molecular weight is 493 g/mol. The SMILES string of the molecule is CCOC(=O)COc1ccc(SCCCc2cn(-c3ccc(C(F)(F)F)cc3)nc2C)cc1C. The van der Waals surface area contributed by atoms with Crippen LogP contribution in [0, 0.1) is 13.8 Å². The lowest BCUT2D eigenvalue weighted by Gasteiger charge is -2.10. The Labute approximate surface area is 201 Å². The van der Waals surface area contributed by atoms with Gasteiger partial charge in [0, 0.05) is 11.1 Å². The summed E-state index contributed by atoms with van der Waals surface area (Å²) in [6.45, 7) is 5.81. The molecule has 0 fully saturated rings. The average Bonchev–Trinajstić information content (AvgIpc) is 3.16. The van der Waals surface area contributed by atoms with Gasteiger partial charge < -0.3 is 9.47 Å². The monoisotopic (exact) mass is 492 g/mol. The second-order valence-electron chi connectivity index (χ2n) is 7.70. The van der Waals surface area contributed by atoms with Gasteiger partial charge in [-0.3, -0.25) is 0 Å². The Kier molecular flexibility index (Phi) is 8.66. The third-order valence-electron chi connectivity index (χ3n) is 5.12. The lowest BCUT2D eigenvalue weighted by molar-refractivity contribution is -0.145. The molecule has 3 aromatic rings. The van der Waals surface area contributed by atoms with Crippen molar-refractivity contribution in [2.75, 3.05) is 19.0 Å². The summed E-state index contributed by atoms with van der Waals surface area (Å²) in [5, 5.41) is 4.45. The van der Waals surface area contributed by atoms with E-state index in [1.807, 2.05) is 38.2 Å². The van der Waals surface area contributed by atoms with Crippen molar-refractivity contribution in [2.45, 2.75) is 44.7 Å². The van der Waals surface area contributed by atoms with E-state index in [9.17, 15) is 18.0 Å². The van der Waals surface area contributed by atoms with E-state index in [1.54, 1.807) is 23.4 Å². The van der Waals surface area contributed by atoms with Crippen LogP contribution >= 0.6 is 11.8 Å². The van der Waals surface area contributed by atoms with E-state index >= 15 is 0 Å². The predicted octanol–water partition coefficient (Wildman–Crippen LogP) is 6.17. The molecule has 5 nitrogen and oxygen atoms in total. The number of benzene rings is 2. The molecule has 0 aliphatic rings. The minimum atomic E-state index is -4.35. The summed E-state index contributed by atoms with van der Waals surface area (Å²) in [6.07, 6.45) is -0.734. The molecular weight excluding hydrogens is 465 g/mol.